The second-order valence-corrected chi connectivity index (χ2v) is 0.523. The van der Waals surface area contributed by atoms with Gasteiger partial charge < -0.3 is 10.5 Å². The van der Waals surface area contributed by atoms with E-state index in [0.717, 1.165) is 0 Å². The van der Waals surface area contributed by atoms with Crippen LogP contribution in [0.5, 0.6) is 0 Å². The Morgan fingerprint density at radius 2 is 2.00 bits per heavy atom. The summed E-state index contributed by atoms with van der Waals surface area (Å²) in [5.74, 6) is 0. The molecule has 0 bridgehead atoms. The summed E-state index contributed by atoms with van der Waals surface area (Å²) in [5, 5.41) is 0. The fourth-order valence-corrected chi connectivity index (χ4v) is 0. The number of hydrogen-bond acceptors (Lipinski definition) is 2. The molecule has 0 atom stereocenters. The molecule has 0 aromatic carbocycles. The van der Waals surface area contributed by atoms with Crippen molar-refractivity contribution in [2.45, 2.75) is 0 Å². The number of carbonyl (C=O) groups excluding carboxylic acids is 1. The standard InChI is InChI=1S/C2H5NO2.BrH/c1-5-2(3)4;/h1H3,(H2,3,4);1H. The highest BCUT2D eigenvalue weighted by atomic mass is 79.9. The number of ether oxygens (including phenoxy) is 1. The number of halogens is 1. The molecular formula is C2H6BrNO2. The van der Waals surface area contributed by atoms with Crippen molar-refractivity contribution in [1.82, 2.24) is 0 Å². The van der Waals surface area contributed by atoms with Gasteiger partial charge in [-0.15, -0.1) is 17.0 Å². The number of rotatable bonds is 0. The maximum absolute atomic E-state index is 9.37. The fraction of sp³-hybridized carbons (Fsp3) is 0.500. The van der Waals surface area contributed by atoms with Crippen molar-refractivity contribution in [3.63, 3.8) is 0 Å². The van der Waals surface area contributed by atoms with E-state index < -0.39 is 6.09 Å². The van der Waals surface area contributed by atoms with Crippen LogP contribution in [0.3, 0.4) is 0 Å². The summed E-state index contributed by atoms with van der Waals surface area (Å²) < 4.78 is 3.89. The van der Waals surface area contributed by atoms with E-state index in [4.69, 9.17) is 0 Å². The summed E-state index contributed by atoms with van der Waals surface area (Å²) in [6.45, 7) is 0. The van der Waals surface area contributed by atoms with E-state index in [1.54, 1.807) is 0 Å². The molecule has 4 heteroatoms. The number of nitrogens with two attached hydrogens (primary N) is 1. The minimum Gasteiger partial charge on any atom is -0.453 e. The van der Waals surface area contributed by atoms with Crippen molar-refractivity contribution in [1.29, 1.82) is 0 Å². The highest BCUT2D eigenvalue weighted by Crippen LogP contribution is 1.55. The molecule has 0 radical (unpaired) electrons. The van der Waals surface area contributed by atoms with Gasteiger partial charge in [-0.2, -0.15) is 0 Å². The largest absolute Gasteiger partial charge is 0.453 e. The maximum atomic E-state index is 9.37. The maximum Gasteiger partial charge on any atom is 0.404 e. The van der Waals surface area contributed by atoms with E-state index in [-0.39, 0.29) is 17.0 Å². The lowest BCUT2D eigenvalue weighted by atomic mass is 11.3. The number of methoxy groups -OCH3 is 1. The average Bonchev–Trinajstić information content (AvgIpc) is 1.38. The first-order chi connectivity index (χ1) is 2.27. The van der Waals surface area contributed by atoms with Crippen molar-refractivity contribution in [2.75, 3.05) is 7.11 Å². The van der Waals surface area contributed by atoms with Gasteiger partial charge in [0.05, 0.1) is 7.11 Å². The summed E-state index contributed by atoms with van der Waals surface area (Å²) in [6.07, 6.45) is -0.745. The van der Waals surface area contributed by atoms with Gasteiger partial charge in [0, 0.05) is 0 Å². The summed E-state index contributed by atoms with van der Waals surface area (Å²) in [6, 6.07) is 0. The molecule has 0 heterocycles. The fourth-order valence-electron chi connectivity index (χ4n) is 0. The van der Waals surface area contributed by atoms with Crippen molar-refractivity contribution >= 4 is 23.1 Å². The highest BCUT2D eigenvalue weighted by molar-refractivity contribution is 8.93. The molecule has 0 fully saturated rings. The Kier molecular flexibility index (Phi) is 7.30. The molecule has 0 aliphatic rings. The monoisotopic (exact) mass is 155 g/mol. The Bertz CT molecular complexity index is 46.8. The van der Waals surface area contributed by atoms with Crippen LogP contribution < -0.4 is 5.73 Å². The van der Waals surface area contributed by atoms with E-state index in [9.17, 15) is 4.79 Å². The lowest BCUT2D eigenvalue weighted by Gasteiger charge is -1.81. The van der Waals surface area contributed by atoms with Crippen molar-refractivity contribution in [2.24, 2.45) is 5.73 Å². The van der Waals surface area contributed by atoms with Gasteiger partial charge in [0.2, 0.25) is 0 Å². The van der Waals surface area contributed by atoms with Crippen LogP contribution in [-0.4, -0.2) is 13.2 Å². The second-order valence-electron chi connectivity index (χ2n) is 0.523. The van der Waals surface area contributed by atoms with Crippen LogP contribution in [-0.2, 0) is 4.74 Å². The molecule has 0 aliphatic carbocycles. The molecule has 0 aromatic rings. The molecule has 0 unspecified atom stereocenters. The zero-order valence-corrected chi connectivity index (χ0v) is 5.02. The van der Waals surface area contributed by atoms with Crippen LogP contribution in [0.1, 0.15) is 0 Å². The molecule has 6 heavy (non-hydrogen) atoms. The van der Waals surface area contributed by atoms with Gasteiger partial charge >= 0.3 is 6.09 Å². The third-order valence-electron chi connectivity index (χ3n) is 0.201. The zero-order chi connectivity index (χ0) is 4.28. The molecule has 1 amide bonds. The first-order valence-corrected chi connectivity index (χ1v) is 1.11. The molecule has 0 saturated heterocycles. The zero-order valence-electron chi connectivity index (χ0n) is 3.30. The quantitative estimate of drug-likeness (QED) is 0.547. The normalized spacial score (nSPS) is 5.50. The van der Waals surface area contributed by atoms with E-state index >= 15 is 0 Å². The Hall–Kier alpha value is -0.250. The number of hydrogen-bond donors (Lipinski definition) is 1. The van der Waals surface area contributed by atoms with Gasteiger partial charge in [0.1, 0.15) is 0 Å². The molecule has 0 spiro atoms. The van der Waals surface area contributed by atoms with Crippen LogP contribution in [0.2, 0.25) is 0 Å². The SMILES string of the molecule is Br.COC(N)=O. The first-order valence-electron chi connectivity index (χ1n) is 1.11. The molecule has 0 aliphatic heterocycles. The lowest BCUT2D eigenvalue weighted by molar-refractivity contribution is 0.182. The van der Waals surface area contributed by atoms with E-state index in [0.29, 0.717) is 0 Å². The first kappa shape index (κ1) is 9.23. The third-order valence-corrected chi connectivity index (χ3v) is 0.201. The lowest BCUT2D eigenvalue weighted by Crippen LogP contribution is -2.08. The summed E-state index contributed by atoms with van der Waals surface area (Å²) in [7, 11) is 1.22. The Labute approximate surface area is 46.2 Å². The second kappa shape index (κ2) is 4.75. The molecule has 0 rings (SSSR count). The van der Waals surface area contributed by atoms with Crippen molar-refractivity contribution < 1.29 is 9.53 Å². The summed E-state index contributed by atoms with van der Waals surface area (Å²) in [4.78, 5) is 9.37. The predicted octanol–water partition coefficient (Wildman–Crippen LogP) is 0.289. The minimum atomic E-state index is -0.745. The molecule has 38 valence electrons. The van der Waals surface area contributed by atoms with Gasteiger partial charge in [-0.1, -0.05) is 0 Å². The molecule has 2 N–H and O–H groups in total. The molecule has 3 nitrogen and oxygen atoms in total. The predicted molar refractivity (Wildman–Crippen MR) is 26.9 cm³/mol. The topological polar surface area (TPSA) is 52.3 Å². The average molecular weight is 156 g/mol. The van der Waals surface area contributed by atoms with Gasteiger partial charge in [0.25, 0.3) is 0 Å². The van der Waals surface area contributed by atoms with E-state index in [2.05, 4.69) is 10.5 Å². The van der Waals surface area contributed by atoms with Crippen LogP contribution in [0.25, 0.3) is 0 Å². The number of primary amides is 1. The van der Waals surface area contributed by atoms with Gasteiger partial charge in [-0.3, -0.25) is 0 Å². The van der Waals surface area contributed by atoms with Gasteiger partial charge in [-0.25, -0.2) is 4.79 Å². The van der Waals surface area contributed by atoms with Gasteiger partial charge in [-0.05, 0) is 0 Å². The Balaban J connectivity index is 0. The summed E-state index contributed by atoms with van der Waals surface area (Å²) in [5.41, 5.74) is 4.43. The van der Waals surface area contributed by atoms with Crippen LogP contribution in [0.15, 0.2) is 0 Å². The Morgan fingerprint density at radius 3 is 2.00 bits per heavy atom. The minimum absolute atomic E-state index is 0. The smallest absolute Gasteiger partial charge is 0.404 e. The van der Waals surface area contributed by atoms with Crippen molar-refractivity contribution in [3.8, 4) is 0 Å². The van der Waals surface area contributed by atoms with E-state index in [1.165, 1.54) is 7.11 Å². The van der Waals surface area contributed by atoms with Crippen LogP contribution in [0, 0.1) is 0 Å². The highest BCUT2D eigenvalue weighted by Gasteiger charge is 1.76. The number of carbonyl (C=O) groups is 1. The molecular weight excluding hydrogens is 150 g/mol. The third kappa shape index (κ3) is 9.26. The van der Waals surface area contributed by atoms with Crippen molar-refractivity contribution in [3.05, 3.63) is 0 Å². The molecule has 0 aromatic heterocycles. The van der Waals surface area contributed by atoms with E-state index in [1.807, 2.05) is 0 Å². The van der Waals surface area contributed by atoms with Gasteiger partial charge in [0.15, 0.2) is 0 Å². The van der Waals surface area contributed by atoms with Crippen LogP contribution >= 0.6 is 17.0 Å². The summed E-state index contributed by atoms with van der Waals surface area (Å²) >= 11 is 0. The Morgan fingerprint density at radius 1 is 1.83 bits per heavy atom. The molecule has 0 saturated carbocycles. The number of amides is 1. The van der Waals surface area contributed by atoms with Crippen LogP contribution in [0.4, 0.5) is 4.79 Å².